The minimum Gasteiger partial charge on any atom is -0.455 e. The fourth-order valence-corrected chi connectivity index (χ4v) is 5.64. The number of piperidine rings is 1. The summed E-state index contributed by atoms with van der Waals surface area (Å²) in [6.45, 7) is 6.51. The van der Waals surface area contributed by atoms with Gasteiger partial charge in [0.1, 0.15) is 34.7 Å². The summed E-state index contributed by atoms with van der Waals surface area (Å²) >= 11 is 0. The van der Waals surface area contributed by atoms with E-state index in [9.17, 15) is 4.79 Å². The van der Waals surface area contributed by atoms with Gasteiger partial charge in [-0.2, -0.15) is 0 Å². The zero-order valence-corrected chi connectivity index (χ0v) is 22.5. The van der Waals surface area contributed by atoms with Crippen molar-refractivity contribution < 1.29 is 13.9 Å². The number of carbonyl (C=O) groups excluding carboxylic acids is 1. The van der Waals surface area contributed by atoms with Gasteiger partial charge in [0.15, 0.2) is 17.3 Å². The second-order valence-electron chi connectivity index (χ2n) is 10.3. The summed E-state index contributed by atoms with van der Waals surface area (Å²) in [5.74, 6) is 1.48. The SMILES string of the molecule is C=CC(=O)N1CC2CC(C1)N2c1ccc2ncnc(Nc3ccc(Oc4cnc5c(c4)ncn5C)c(C)c3F)c2n1. The lowest BCUT2D eigenvalue weighted by Crippen LogP contribution is -2.69. The summed E-state index contributed by atoms with van der Waals surface area (Å²) in [5, 5.41) is 3.10. The number of anilines is 3. The van der Waals surface area contributed by atoms with Gasteiger partial charge in [-0.15, -0.1) is 0 Å². The number of pyridine rings is 2. The third-order valence-corrected chi connectivity index (χ3v) is 7.76. The Morgan fingerprint density at radius 2 is 1.95 bits per heavy atom. The Morgan fingerprint density at radius 3 is 2.76 bits per heavy atom. The number of benzene rings is 1. The third-order valence-electron chi connectivity index (χ3n) is 7.76. The van der Waals surface area contributed by atoms with E-state index in [-0.39, 0.29) is 23.7 Å². The van der Waals surface area contributed by atoms with Gasteiger partial charge in [-0.3, -0.25) is 4.79 Å². The van der Waals surface area contributed by atoms with Crippen LogP contribution in [-0.4, -0.2) is 65.5 Å². The molecule has 2 bridgehead atoms. The Kier molecular flexibility index (Phi) is 5.77. The monoisotopic (exact) mass is 551 g/mol. The van der Waals surface area contributed by atoms with Gasteiger partial charge in [0.05, 0.1) is 35.8 Å². The molecule has 5 aromatic rings. The lowest BCUT2D eigenvalue weighted by Gasteiger charge is -2.56. The predicted molar refractivity (Wildman–Crippen MR) is 152 cm³/mol. The maximum Gasteiger partial charge on any atom is 0.246 e. The Balaban J connectivity index is 1.14. The number of hydrogen-bond donors (Lipinski definition) is 1. The topological polar surface area (TPSA) is 114 Å². The normalized spacial score (nSPS) is 17.9. The van der Waals surface area contributed by atoms with Crippen molar-refractivity contribution in [1.82, 2.24) is 34.4 Å². The van der Waals surface area contributed by atoms with Crippen molar-refractivity contribution in [2.24, 2.45) is 7.05 Å². The number of halogens is 1. The number of piperazine rings is 1. The summed E-state index contributed by atoms with van der Waals surface area (Å²) in [4.78, 5) is 38.4. The number of imidazole rings is 1. The zero-order valence-electron chi connectivity index (χ0n) is 22.5. The van der Waals surface area contributed by atoms with E-state index in [1.807, 2.05) is 28.6 Å². The molecule has 2 atom stereocenters. The molecule has 0 saturated carbocycles. The average Bonchev–Trinajstić information content (AvgIpc) is 3.36. The van der Waals surface area contributed by atoms with Crippen molar-refractivity contribution in [2.45, 2.75) is 25.4 Å². The minimum absolute atomic E-state index is 0.0506. The van der Waals surface area contributed by atoms with Gasteiger partial charge in [0.2, 0.25) is 5.91 Å². The minimum atomic E-state index is -0.471. The second kappa shape index (κ2) is 9.51. The molecule has 206 valence electrons. The maximum atomic E-state index is 15.6. The van der Waals surface area contributed by atoms with Crippen LogP contribution in [0.5, 0.6) is 11.5 Å². The van der Waals surface area contributed by atoms with Crippen LogP contribution in [0.4, 0.5) is 21.7 Å². The number of aryl methyl sites for hydroxylation is 1. The molecule has 3 aliphatic heterocycles. The highest BCUT2D eigenvalue weighted by molar-refractivity contribution is 5.89. The summed E-state index contributed by atoms with van der Waals surface area (Å²) in [5.41, 5.74) is 3.15. The van der Waals surface area contributed by atoms with E-state index < -0.39 is 5.82 Å². The van der Waals surface area contributed by atoms with Gasteiger partial charge in [-0.1, -0.05) is 6.58 Å². The Bertz CT molecular complexity index is 1840. The quantitative estimate of drug-likeness (QED) is 0.309. The number of fused-ring (bicyclic) bond motifs is 4. The van der Waals surface area contributed by atoms with Crippen LogP contribution in [0.2, 0.25) is 0 Å². The first-order valence-electron chi connectivity index (χ1n) is 13.2. The van der Waals surface area contributed by atoms with Gasteiger partial charge >= 0.3 is 0 Å². The fraction of sp³-hybridized carbons (Fsp3) is 0.241. The highest BCUT2D eigenvalue weighted by atomic mass is 19.1. The predicted octanol–water partition coefficient (Wildman–Crippen LogP) is 4.27. The molecular weight excluding hydrogens is 525 g/mol. The molecule has 41 heavy (non-hydrogen) atoms. The fourth-order valence-electron chi connectivity index (χ4n) is 5.64. The summed E-state index contributed by atoms with van der Waals surface area (Å²) in [6, 6.07) is 9.25. The molecule has 12 heteroatoms. The van der Waals surface area contributed by atoms with Crippen LogP contribution in [0.25, 0.3) is 22.2 Å². The van der Waals surface area contributed by atoms with Crippen LogP contribution in [0, 0.1) is 12.7 Å². The van der Waals surface area contributed by atoms with Gasteiger partial charge in [-0.05, 0) is 43.7 Å². The molecule has 0 spiro atoms. The van der Waals surface area contributed by atoms with Gasteiger partial charge in [0, 0.05) is 31.8 Å². The van der Waals surface area contributed by atoms with Crippen LogP contribution >= 0.6 is 0 Å². The van der Waals surface area contributed by atoms with E-state index in [1.165, 1.54) is 12.4 Å². The highest BCUT2D eigenvalue weighted by Gasteiger charge is 2.46. The molecule has 1 aromatic carbocycles. The van der Waals surface area contributed by atoms with Crippen molar-refractivity contribution in [1.29, 1.82) is 0 Å². The molecule has 0 aliphatic carbocycles. The van der Waals surface area contributed by atoms with E-state index in [2.05, 4.69) is 36.7 Å². The smallest absolute Gasteiger partial charge is 0.246 e. The Hall–Kier alpha value is -5.13. The van der Waals surface area contributed by atoms with Crippen molar-refractivity contribution in [3.8, 4) is 11.5 Å². The molecule has 3 saturated heterocycles. The number of ether oxygens (including phenoxy) is 1. The molecule has 8 rings (SSSR count). The average molecular weight is 552 g/mol. The van der Waals surface area contributed by atoms with Crippen LogP contribution in [-0.2, 0) is 11.8 Å². The first kappa shape index (κ1) is 24.9. The van der Waals surface area contributed by atoms with Crippen molar-refractivity contribution in [3.63, 3.8) is 0 Å². The van der Waals surface area contributed by atoms with E-state index in [0.717, 1.165) is 17.9 Å². The van der Waals surface area contributed by atoms with Crippen molar-refractivity contribution >= 4 is 45.4 Å². The third kappa shape index (κ3) is 4.19. The number of nitrogens with one attached hydrogen (secondary N) is 1. The Morgan fingerprint density at radius 1 is 1.12 bits per heavy atom. The lowest BCUT2D eigenvalue weighted by molar-refractivity contribution is -0.129. The second-order valence-corrected chi connectivity index (χ2v) is 10.3. The molecule has 7 heterocycles. The molecule has 3 fully saturated rings. The van der Waals surface area contributed by atoms with Gasteiger partial charge in [-0.25, -0.2) is 29.3 Å². The number of rotatable bonds is 6. The number of amides is 1. The van der Waals surface area contributed by atoms with Crippen LogP contribution in [0.15, 0.2) is 61.8 Å². The number of nitrogens with zero attached hydrogens (tertiary/aromatic N) is 8. The summed E-state index contributed by atoms with van der Waals surface area (Å²) < 4.78 is 23.4. The number of aromatic nitrogens is 6. The molecule has 1 N–H and O–H groups in total. The Labute approximate surface area is 234 Å². The zero-order chi connectivity index (χ0) is 28.2. The van der Waals surface area contributed by atoms with Crippen molar-refractivity contribution in [2.75, 3.05) is 23.3 Å². The van der Waals surface area contributed by atoms with E-state index >= 15 is 4.39 Å². The maximum absolute atomic E-state index is 15.6. The molecule has 1 amide bonds. The summed E-state index contributed by atoms with van der Waals surface area (Å²) in [7, 11) is 1.86. The summed E-state index contributed by atoms with van der Waals surface area (Å²) in [6.07, 6.45) is 7.05. The van der Waals surface area contributed by atoms with E-state index in [0.29, 0.717) is 52.5 Å². The van der Waals surface area contributed by atoms with E-state index in [1.54, 1.807) is 37.6 Å². The van der Waals surface area contributed by atoms with Gasteiger partial charge in [0.25, 0.3) is 0 Å². The van der Waals surface area contributed by atoms with Crippen LogP contribution < -0.4 is 15.0 Å². The largest absolute Gasteiger partial charge is 0.455 e. The van der Waals surface area contributed by atoms with Crippen LogP contribution in [0.1, 0.15) is 12.0 Å². The standard InChI is InChI=1S/C29H26FN9O2/c1-4-25(40)38-12-17-9-18(13-38)39(17)24-8-6-21-27(36-24)28(33-14-32-21)35-20-5-7-23(16(2)26(20)30)41-19-10-22-29(31-11-19)37(3)15-34-22/h4-8,10-11,14-15,17-18H,1,9,12-13H2,2-3H3,(H,32,33,35). The number of carbonyl (C=O) groups is 1. The molecule has 0 radical (unpaired) electrons. The van der Waals surface area contributed by atoms with E-state index in [4.69, 9.17) is 9.72 Å². The molecule has 11 nitrogen and oxygen atoms in total. The molecule has 3 aliphatic rings. The van der Waals surface area contributed by atoms with Gasteiger partial charge < -0.3 is 24.4 Å². The van der Waals surface area contributed by atoms with Crippen molar-refractivity contribution in [3.05, 3.63) is 73.2 Å². The first-order valence-corrected chi connectivity index (χ1v) is 13.2. The lowest BCUT2D eigenvalue weighted by atomic mass is 9.87. The number of hydrogen-bond acceptors (Lipinski definition) is 9. The first-order chi connectivity index (χ1) is 19.9. The molecular formula is C29H26FN9O2. The molecule has 2 unspecified atom stereocenters. The molecule has 4 aromatic heterocycles. The van der Waals surface area contributed by atoms with Crippen LogP contribution in [0.3, 0.4) is 0 Å². The highest BCUT2D eigenvalue weighted by Crippen LogP contribution is 2.38.